The average Bonchev–Trinajstić information content (AvgIpc) is 3.21. The largest absolute Gasteiger partial charge is 0.494 e. The Bertz CT molecular complexity index is 933. The van der Waals surface area contributed by atoms with Crippen LogP contribution < -0.4 is 15.2 Å². The zero-order chi connectivity index (χ0) is 19.8. The van der Waals surface area contributed by atoms with Gasteiger partial charge in [0.2, 0.25) is 5.76 Å². The second-order valence-corrected chi connectivity index (χ2v) is 5.68. The molecule has 0 aliphatic carbocycles. The SMILES string of the molecule is CCOc1ccc(OCc2ccc(C(=O)O/N=C(\N)c3ccccc3)o2)cc1. The van der Waals surface area contributed by atoms with Crippen LogP contribution in [0, 0.1) is 0 Å². The summed E-state index contributed by atoms with van der Waals surface area (Å²) in [5.41, 5.74) is 6.43. The third-order valence-corrected chi connectivity index (χ3v) is 3.68. The molecule has 28 heavy (non-hydrogen) atoms. The van der Waals surface area contributed by atoms with Crippen LogP contribution in [0.25, 0.3) is 0 Å². The molecule has 0 aliphatic heterocycles. The molecule has 0 amide bonds. The summed E-state index contributed by atoms with van der Waals surface area (Å²) in [6, 6.07) is 19.3. The topological polar surface area (TPSA) is 96.3 Å². The Morgan fingerprint density at radius 2 is 1.64 bits per heavy atom. The lowest BCUT2D eigenvalue weighted by molar-refractivity contribution is 0.0475. The molecular weight excluding hydrogens is 360 g/mol. The van der Waals surface area contributed by atoms with Crippen molar-refractivity contribution < 1.29 is 23.5 Å². The normalized spacial score (nSPS) is 11.1. The van der Waals surface area contributed by atoms with Gasteiger partial charge in [0.1, 0.15) is 23.9 Å². The average molecular weight is 380 g/mol. The molecule has 7 heteroatoms. The highest BCUT2D eigenvalue weighted by Crippen LogP contribution is 2.19. The number of oxime groups is 1. The molecular formula is C21H20N2O5. The molecule has 0 bridgehead atoms. The van der Waals surface area contributed by atoms with E-state index in [2.05, 4.69) is 5.16 Å². The van der Waals surface area contributed by atoms with E-state index in [0.29, 0.717) is 23.7 Å². The predicted octanol–water partition coefficient (Wildman–Crippen LogP) is 3.73. The highest BCUT2D eigenvalue weighted by atomic mass is 16.7. The fourth-order valence-corrected chi connectivity index (χ4v) is 2.32. The van der Waals surface area contributed by atoms with Gasteiger partial charge in [-0.1, -0.05) is 35.5 Å². The molecule has 0 aliphatic rings. The number of benzene rings is 2. The minimum Gasteiger partial charge on any atom is -0.494 e. The Balaban J connectivity index is 1.53. The first kappa shape index (κ1) is 19.0. The number of nitrogens with two attached hydrogens (primary N) is 1. The van der Waals surface area contributed by atoms with Gasteiger partial charge in [-0.05, 0) is 43.3 Å². The van der Waals surface area contributed by atoms with E-state index in [1.807, 2.05) is 37.3 Å². The van der Waals surface area contributed by atoms with Crippen LogP contribution in [-0.2, 0) is 11.4 Å². The summed E-state index contributed by atoms with van der Waals surface area (Å²) in [5.74, 6) is 1.26. The van der Waals surface area contributed by atoms with Crippen molar-refractivity contribution in [2.24, 2.45) is 10.9 Å². The molecule has 3 rings (SSSR count). The van der Waals surface area contributed by atoms with E-state index in [0.717, 1.165) is 5.75 Å². The van der Waals surface area contributed by atoms with E-state index in [1.165, 1.54) is 6.07 Å². The van der Waals surface area contributed by atoms with Gasteiger partial charge in [-0.2, -0.15) is 0 Å². The molecule has 0 saturated heterocycles. The summed E-state index contributed by atoms with van der Waals surface area (Å²) in [7, 11) is 0. The molecule has 0 saturated carbocycles. The fraction of sp³-hybridized carbons (Fsp3) is 0.143. The molecule has 2 N–H and O–H groups in total. The minimum atomic E-state index is -0.744. The lowest BCUT2D eigenvalue weighted by atomic mass is 10.2. The Hall–Kier alpha value is -3.74. The van der Waals surface area contributed by atoms with Crippen LogP contribution in [0.3, 0.4) is 0 Å². The highest BCUT2D eigenvalue weighted by molar-refractivity contribution is 5.97. The smallest absolute Gasteiger partial charge is 0.400 e. The van der Waals surface area contributed by atoms with Gasteiger partial charge in [-0.15, -0.1) is 0 Å². The minimum absolute atomic E-state index is 0.00917. The molecule has 2 aromatic carbocycles. The molecule has 1 heterocycles. The standard InChI is InChI=1S/C21H20N2O5/c1-2-25-16-8-10-17(11-9-16)26-14-18-12-13-19(27-18)21(24)28-23-20(22)15-6-4-3-5-7-15/h3-13H,2,14H2,1H3,(H2,22,23). The molecule has 7 nitrogen and oxygen atoms in total. The van der Waals surface area contributed by atoms with E-state index < -0.39 is 5.97 Å². The molecule has 0 fully saturated rings. The highest BCUT2D eigenvalue weighted by Gasteiger charge is 2.14. The first-order chi connectivity index (χ1) is 13.7. The van der Waals surface area contributed by atoms with E-state index in [-0.39, 0.29) is 18.2 Å². The monoisotopic (exact) mass is 380 g/mol. The van der Waals surface area contributed by atoms with Crippen molar-refractivity contribution in [1.29, 1.82) is 0 Å². The summed E-state index contributed by atoms with van der Waals surface area (Å²) >= 11 is 0. The number of hydrogen-bond acceptors (Lipinski definition) is 6. The quantitative estimate of drug-likeness (QED) is 0.277. The van der Waals surface area contributed by atoms with Crippen LogP contribution in [0.2, 0.25) is 0 Å². The third-order valence-electron chi connectivity index (χ3n) is 3.68. The number of ether oxygens (including phenoxy) is 2. The summed E-state index contributed by atoms with van der Waals surface area (Å²) in [6.45, 7) is 2.69. The van der Waals surface area contributed by atoms with Gasteiger partial charge >= 0.3 is 5.97 Å². The van der Waals surface area contributed by atoms with Gasteiger partial charge in [0.05, 0.1) is 6.61 Å². The number of nitrogens with zero attached hydrogens (tertiary/aromatic N) is 1. The summed E-state index contributed by atoms with van der Waals surface area (Å²) in [6.07, 6.45) is 0. The summed E-state index contributed by atoms with van der Waals surface area (Å²) in [5, 5.41) is 3.64. The van der Waals surface area contributed by atoms with Crippen LogP contribution >= 0.6 is 0 Å². The van der Waals surface area contributed by atoms with Gasteiger partial charge in [0.25, 0.3) is 0 Å². The van der Waals surface area contributed by atoms with Gasteiger partial charge < -0.3 is 24.5 Å². The Kier molecular flexibility index (Phi) is 6.30. The Morgan fingerprint density at radius 1 is 0.964 bits per heavy atom. The number of carbonyl (C=O) groups excluding carboxylic acids is 1. The molecule has 0 spiro atoms. The number of furan rings is 1. The predicted molar refractivity (Wildman–Crippen MR) is 103 cm³/mol. The molecule has 0 atom stereocenters. The van der Waals surface area contributed by atoms with Crippen molar-refractivity contribution in [3.8, 4) is 11.5 Å². The lowest BCUT2D eigenvalue weighted by Gasteiger charge is -2.06. The van der Waals surface area contributed by atoms with Crippen molar-refractivity contribution in [3.63, 3.8) is 0 Å². The third kappa shape index (κ3) is 5.14. The van der Waals surface area contributed by atoms with Crippen LogP contribution in [-0.4, -0.2) is 18.4 Å². The summed E-state index contributed by atoms with van der Waals surface area (Å²) in [4.78, 5) is 16.9. The number of hydrogen-bond donors (Lipinski definition) is 1. The van der Waals surface area contributed by atoms with Crippen LogP contribution in [0.1, 0.15) is 28.8 Å². The molecule has 144 valence electrons. The maximum atomic E-state index is 12.0. The van der Waals surface area contributed by atoms with E-state index in [4.69, 9.17) is 24.5 Å². The van der Waals surface area contributed by atoms with E-state index in [9.17, 15) is 4.79 Å². The van der Waals surface area contributed by atoms with Crippen molar-refractivity contribution >= 4 is 11.8 Å². The van der Waals surface area contributed by atoms with Crippen molar-refractivity contribution in [1.82, 2.24) is 0 Å². The van der Waals surface area contributed by atoms with Crippen LogP contribution in [0.4, 0.5) is 0 Å². The first-order valence-corrected chi connectivity index (χ1v) is 8.70. The van der Waals surface area contributed by atoms with E-state index in [1.54, 1.807) is 30.3 Å². The lowest BCUT2D eigenvalue weighted by Crippen LogP contribution is -2.14. The van der Waals surface area contributed by atoms with E-state index >= 15 is 0 Å². The summed E-state index contributed by atoms with van der Waals surface area (Å²) < 4.78 is 16.4. The van der Waals surface area contributed by atoms with Crippen LogP contribution in [0.15, 0.2) is 76.3 Å². The van der Waals surface area contributed by atoms with Gasteiger partial charge in [-0.3, -0.25) is 0 Å². The number of rotatable bonds is 8. The van der Waals surface area contributed by atoms with Gasteiger partial charge in [0, 0.05) is 5.56 Å². The fourth-order valence-electron chi connectivity index (χ4n) is 2.32. The number of amidine groups is 1. The zero-order valence-corrected chi connectivity index (χ0v) is 15.3. The second kappa shape index (κ2) is 9.27. The molecule has 1 aromatic heterocycles. The van der Waals surface area contributed by atoms with Crippen molar-refractivity contribution in [2.45, 2.75) is 13.5 Å². The maximum Gasteiger partial charge on any atom is 0.400 e. The maximum absolute atomic E-state index is 12.0. The zero-order valence-electron chi connectivity index (χ0n) is 15.3. The first-order valence-electron chi connectivity index (χ1n) is 8.70. The second-order valence-electron chi connectivity index (χ2n) is 5.68. The Labute approximate surface area is 162 Å². The molecule has 0 unspecified atom stereocenters. The van der Waals surface area contributed by atoms with Crippen molar-refractivity contribution in [3.05, 3.63) is 83.8 Å². The molecule has 0 radical (unpaired) electrons. The Morgan fingerprint density at radius 3 is 2.32 bits per heavy atom. The van der Waals surface area contributed by atoms with Crippen LogP contribution in [0.5, 0.6) is 11.5 Å². The van der Waals surface area contributed by atoms with Gasteiger partial charge in [0.15, 0.2) is 5.84 Å². The number of carbonyl (C=O) groups is 1. The molecule has 3 aromatic rings. The van der Waals surface area contributed by atoms with Gasteiger partial charge in [-0.25, -0.2) is 4.79 Å². The van der Waals surface area contributed by atoms with Crippen molar-refractivity contribution in [2.75, 3.05) is 6.61 Å².